The van der Waals surface area contributed by atoms with E-state index < -0.39 is 10.0 Å². The fourth-order valence-electron chi connectivity index (χ4n) is 4.34. The van der Waals surface area contributed by atoms with Crippen LogP contribution in [0.25, 0.3) is 0 Å². The van der Waals surface area contributed by atoms with Gasteiger partial charge in [-0.1, -0.05) is 0 Å². The fourth-order valence-corrected chi connectivity index (χ4v) is 6.23. The fraction of sp³-hybridized carbons (Fsp3) is 1.00. The summed E-state index contributed by atoms with van der Waals surface area (Å²) in [5, 5.41) is 3.32. The van der Waals surface area contributed by atoms with Crippen LogP contribution >= 0.6 is 0 Å². The van der Waals surface area contributed by atoms with Gasteiger partial charge in [-0.15, -0.1) is 0 Å². The maximum Gasteiger partial charge on any atom is 0.214 e. The van der Waals surface area contributed by atoms with E-state index in [1.807, 2.05) is 0 Å². The topological polar surface area (TPSA) is 52.7 Å². The molecule has 0 amide bonds. The molecule has 0 aromatic carbocycles. The standard InChI is InChI=1S/C15H29N3O2S/c1-17-8-3-5-14-11-18(9-6-15(14)17)21(19,20)12-13-4-2-7-16-10-13/h13-16H,2-12H2,1H3. The van der Waals surface area contributed by atoms with Crippen LogP contribution in [0.1, 0.15) is 32.1 Å². The Morgan fingerprint density at radius 1 is 1.14 bits per heavy atom. The summed E-state index contributed by atoms with van der Waals surface area (Å²) < 4.78 is 27.2. The van der Waals surface area contributed by atoms with Gasteiger partial charge in [0.1, 0.15) is 0 Å². The molecule has 3 fully saturated rings. The van der Waals surface area contributed by atoms with Gasteiger partial charge in [0.05, 0.1) is 5.75 Å². The minimum absolute atomic E-state index is 0.301. The quantitative estimate of drug-likeness (QED) is 0.834. The highest BCUT2D eigenvalue weighted by molar-refractivity contribution is 7.89. The summed E-state index contributed by atoms with van der Waals surface area (Å²) in [4.78, 5) is 2.43. The van der Waals surface area contributed by atoms with Gasteiger partial charge in [-0.2, -0.15) is 0 Å². The van der Waals surface area contributed by atoms with Crippen molar-refractivity contribution in [3.05, 3.63) is 0 Å². The predicted octanol–water partition coefficient (Wildman–Crippen LogP) is 0.732. The van der Waals surface area contributed by atoms with E-state index in [4.69, 9.17) is 0 Å². The maximum absolute atomic E-state index is 12.7. The van der Waals surface area contributed by atoms with Gasteiger partial charge in [-0.25, -0.2) is 12.7 Å². The lowest BCUT2D eigenvalue weighted by Crippen LogP contribution is -2.54. The molecule has 0 radical (unpaired) electrons. The Morgan fingerprint density at radius 3 is 2.76 bits per heavy atom. The van der Waals surface area contributed by atoms with Gasteiger partial charge in [-0.05, 0) is 70.6 Å². The lowest BCUT2D eigenvalue weighted by atomic mass is 9.85. The summed E-state index contributed by atoms with van der Waals surface area (Å²) in [6, 6.07) is 0.599. The largest absolute Gasteiger partial charge is 0.316 e. The first kappa shape index (κ1) is 15.7. The molecule has 3 aliphatic rings. The van der Waals surface area contributed by atoms with Gasteiger partial charge in [-0.3, -0.25) is 0 Å². The van der Waals surface area contributed by atoms with Crippen LogP contribution in [0.5, 0.6) is 0 Å². The summed E-state index contributed by atoms with van der Waals surface area (Å²) in [6.07, 6.45) is 5.55. The van der Waals surface area contributed by atoms with Crippen molar-refractivity contribution in [3.63, 3.8) is 0 Å². The average Bonchev–Trinajstić information content (AvgIpc) is 2.48. The average molecular weight is 315 g/mol. The van der Waals surface area contributed by atoms with Crippen molar-refractivity contribution in [1.29, 1.82) is 0 Å². The zero-order chi connectivity index (χ0) is 14.9. The van der Waals surface area contributed by atoms with Crippen molar-refractivity contribution in [3.8, 4) is 0 Å². The molecule has 3 atom stereocenters. The molecule has 5 nitrogen and oxygen atoms in total. The molecule has 0 spiro atoms. The molecule has 122 valence electrons. The molecular weight excluding hydrogens is 286 g/mol. The summed E-state index contributed by atoms with van der Waals surface area (Å²) >= 11 is 0. The number of hydrogen-bond acceptors (Lipinski definition) is 4. The molecule has 0 saturated carbocycles. The second-order valence-electron chi connectivity index (χ2n) is 7.09. The number of likely N-dealkylation sites (tertiary alicyclic amines) is 1. The Balaban J connectivity index is 1.60. The SMILES string of the molecule is CN1CCCC2CN(S(=O)(=O)CC3CCCNC3)CCC21. The van der Waals surface area contributed by atoms with Crippen molar-refractivity contribution in [2.45, 2.75) is 38.1 Å². The van der Waals surface area contributed by atoms with Crippen LogP contribution in [0.4, 0.5) is 0 Å². The third kappa shape index (κ3) is 3.60. The summed E-state index contributed by atoms with van der Waals surface area (Å²) in [7, 11) is -0.887. The minimum atomic E-state index is -3.08. The molecule has 0 aliphatic carbocycles. The van der Waals surface area contributed by atoms with E-state index in [9.17, 15) is 8.42 Å². The number of hydrogen-bond donors (Lipinski definition) is 1. The molecule has 3 saturated heterocycles. The van der Waals surface area contributed by atoms with Crippen LogP contribution < -0.4 is 5.32 Å². The molecule has 3 rings (SSSR count). The van der Waals surface area contributed by atoms with Gasteiger partial charge in [0.2, 0.25) is 10.0 Å². The summed E-state index contributed by atoms with van der Waals surface area (Å²) in [5.74, 6) is 1.18. The molecule has 3 unspecified atom stereocenters. The van der Waals surface area contributed by atoms with E-state index in [1.54, 1.807) is 4.31 Å². The van der Waals surface area contributed by atoms with E-state index in [0.29, 0.717) is 30.2 Å². The number of nitrogens with zero attached hydrogens (tertiary/aromatic N) is 2. The molecule has 0 aromatic heterocycles. The van der Waals surface area contributed by atoms with Crippen LogP contribution in [0.15, 0.2) is 0 Å². The molecule has 3 heterocycles. The van der Waals surface area contributed by atoms with Crippen LogP contribution in [-0.2, 0) is 10.0 Å². The van der Waals surface area contributed by atoms with Crippen molar-refractivity contribution >= 4 is 10.0 Å². The second-order valence-corrected chi connectivity index (χ2v) is 9.10. The third-order valence-electron chi connectivity index (χ3n) is 5.55. The summed E-state index contributed by atoms with van der Waals surface area (Å²) in [6.45, 7) is 4.53. The number of rotatable bonds is 3. The predicted molar refractivity (Wildman–Crippen MR) is 84.7 cm³/mol. The van der Waals surface area contributed by atoms with Gasteiger partial charge in [0, 0.05) is 19.1 Å². The zero-order valence-electron chi connectivity index (χ0n) is 13.1. The molecule has 1 N–H and O–H groups in total. The van der Waals surface area contributed by atoms with E-state index in [1.165, 1.54) is 19.4 Å². The highest BCUT2D eigenvalue weighted by Crippen LogP contribution is 2.31. The maximum atomic E-state index is 12.7. The number of piperidine rings is 3. The molecule has 6 heteroatoms. The molecular formula is C15H29N3O2S. The number of fused-ring (bicyclic) bond motifs is 1. The van der Waals surface area contributed by atoms with Crippen LogP contribution in [0.2, 0.25) is 0 Å². The van der Waals surface area contributed by atoms with Crippen molar-refractivity contribution in [2.75, 3.05) is 45.5 Å². The van der Waals surface area contributed by atoms with Gasteiger partial charge in [0.15, 0.2) is 0 Å². The molecule has 21 heavy (non-hydrogen) atoms. The van der Waals surface area contributed by atoms with Crippen LogP contribution in [0, 0.1) is 11.8 Å². The Hall–Kier alpha value is -0.170. The highest BCUT2D eigenvalue weighted by Gasteiger charge is 2.38. The molecule has 0 aromatic rings. The Morgan fingerprint density at radius 2 is 2.00 bits per heavy atom. The smallest absolute Gasteiger partial charge is 0.214 e. The van der Waals surface area contributed by atoms with E-state index in [2.05, 4.69) is 17.3 Å². The monoisotopic (exact) mass is 315 g/mol. The zero-order valence-corrected chi connectivity index (χ0v) is 13.9. The van der Waals surface area contributed by atoms with Crippen molar-refractivity contribution in [2.24, 2.45) is 11.8 Å². The molecule has 3 aliphatic heterocycles. The van der Waals surface area contributed by atoms with Crippen LogP contribution in [-0.4, -0.2) is 69.2 Å². The first-order valence-electron chi connectivity index (χ1n) is 8.45. The third-order valence-corrected chi connectivity index (χ3v) is 7.56. The van der Waals surface area contributed by atoms with Crippen molar-refractivity contribution in [1.82, 2.24) is 14.5 Å². The highest BCUT2D eigenvalue weighted by atomic mass is 32.2. The van der Waals surface area contributed by atoms with Crippen LogP contribution in [0.3, 0.4) is 0 Å². The number of nitrogens with one attached hydrogen (secondary N) is 1. The van der Waals surface area contributed by atoms with Gasteiger partial charge in [0.25, 0.3) is 0 Å². The second kappa shape index (κ2) is 6.52. The van der Waals surface area contributed by atoms with Gasteiger partial charge < -0.3 is 10.2 Å². The lowest BCUT2D eigenvalue weighted by molar-refractivity contribution is 0.0670. The normalized spacial score (nSPS) is 36.3. The Bertz CT molecular complexity index is 448. The lowest BCUT2D eigenvalue weighted by Gasteiger charge is -2.45. The van der Waals surface area contributed by atoms with E-state index >= 15 is 0 Å². The van der Waals surface area contributed by atoms with Crippen molar-refractivity contribution < 1.29 is 8.42 Å². The molecule has 0 bridgehead atoms. The first-order chi connectivity index (χ1) is 10.1. The number of sulfonamides is 1. The summed E-state index contributed by atoms with van der Waals surface area (Å²) in [5.41, 5.74) is 0. The van der Waals surface area contributed by atoms with E-state index in [0.717, 1.165) is 38.9 Å². The Labute approximate surface area is 129 Å². The van der Waals surface area contributed by atoms with E-state index in [-0.39, 0.29) is 0 Å². The minimum Gasteiger partial charge on any atom is -0.316 e. The first-order valence-corrected chi connectivity index (χ1v) is 10.1. The Kier molecular flexibility index (Phi) is 4.88. The van der Waals surface area contributed by atoms with Gasteiger partial charge >= 0.3 is 0 Å².